The maximum Gasteiger partial charge on any atom is 0.234 e. The summed E-state index contributed by atoms with van der Waals surface area (Å²) >= 11 is 1.33. The van der Waals surface area contributed by atoms with Crippen molar-refractivity contribution in [3.05, 3.63) is 77.9 Å². The zero-order chi connectivity index (χ0) is 20.9. The summed E-state index contributed by atoms with van der Waals surface area (Å²) in [5.41, 5.74) is 5.07. The number of imidazole rings is 1. The summed E-state index contributed by atoms with van der Waals surface area (Å²) in [5.74, 6) is 1.28. The molecule has 0 saturated carbocycles. The van der Waals surface area contributed by atoms with Gasteiger partial charge in [0.05, 0.1) is 16.8 Å². The van der Waals surface area contributed by atoms with Gasteiger partial charge in [-0.25, -0.2) is 15.0 Å². The molecular weight excluding hydrogens is 394 g/mol. The average molecular weight is 418 g/mol. The Balaban J connectivity index is 1.30. The second kappa shape index (κ2) is 9.09. The Kier molecular flexibility index (Phi) is 6.09. The minimum atomic E-state index is -0.0717. The van der Waals surface area contributed by atoms with Crippen LogP contribution in [0.5, 0.6) is 0 Å². The lowest BCUT2D eigenvalue weighted by Gasteiger charge is -2.07. The van der Waals surface area contributed by atoms with Crippen LogP contribution in [0.25, 0.3) is 11.0 Å². The fourth-order valence-electron chi connectivity index (χ4n) is 3.25. The van der Waals surface area contributed by atoms with Gasteiger partial charge in [0.25, 0.3) is 0 Å². The van der Waals surface area contributed by atoms with Gasteiger partial charge in [0, 0.05) is 31.0 Å². The number of thioether (sulfide) groups is 1. The molecule has 0 atom stereocenters. The number of anilines is 1. The van der Waals surface area contributed by atoms with Crippen molar-refractivity contribution in [1.82, 2.24) is 19.5 Å². The topological polar surface area (TPSA) is 72.7 Å². The summed E-state index contributed by atoms with van der Waals surface area (Å²) in [6, 6.07) is 18.0. The van der Waals surface area contributed by atoms with Crippen LogP contribution in [0.2, 0.25) is 0 Å². The largest absolute Gasteiger partial charge is 0.331 e. The van der Waals surface area contributed by atoms with E-state index < -0.39 is 0 Å². The Morgan fingerprint density at radius 1 is 1.03 bits per heavy atom. The lowest BCUT2D eigenvalue weighted by Crippen LogP contribution is -2.14. The molecule has 0 fully saturated rings. The van der Waals surface area contributed by atoms with Crippen molar-refractivity contribution >= 4 is 34.4 Å². The Morgan fingerprint density at radius 2 is 1.83 bits per heavy atom. The van der Waals surface area contributed by atoms with Crippen molar-refractivity contribution in [3.63, 3.8) is 0 Å². The van der Waals surface area contributed by atoms with E-state index in [-0.39, 0.29) is 11.7 Å². The summed E-state index contributed by atoms with van der Waals surface area (Å²) in [4.78, 5) is 25.4. The molecule has 0 bridgehead atoms. The zero-order valence-electron chi connectivity index (χ0n) is 17.0. The van der Waals surface area contributed by atoms with Crippen molar-refractivity contribution in [2.75, 3.05) is 11.1 Å². The van der Waals surface area contributed by atoms with Gasteiger partial charge < -0.3 is 9.88 Å². The van der Waals surface area contributed by atoms with Crippen LogP contribution >= 0.6 is 11.8 Å². The van der Waals surface area contributed by atoms with Crippen LogP contribution in [0, 0.1) is 6.92 Å². The molecule has 0 aliphatic carbocycles. The first-order valence-electron chi connectivity index (χ1n) is 9.80. The molecule has 0 unspecified atom stereocenters. The summed E-state index contributed by atoms with van der Waals surface area (Å²) in [5, 5.41) is 3.54. The van der Waals surface area contributed by atoms with Crippen LogP contribution in [-0.2, 0) is 24.7 Å². The highest BCUT2D eigenvalue weighted by atomic mass is 32.2. The van der Waals surface area contributed by atoms with Crippen LogP contribution in [0.4, 0.5) is 5.69 Å². The predicted octanol–water partition coefficient (Wildman–Crippen LogP) is 4.19. The maximum absolute atomic E-state index is 12.2. The van der Waals surface area contributed by atoms with Crippen molar-refractivity contribution in [2.45, 2.75) is 24.9 Å². The van der Waals surface area contributed by atoms with E-state index in [0.717, 1.165) is 41.1 Å². The Morgan fingerprint density at radius 3 is 2.60 bits per heavy atom. The fourth-order valence-corrected chi connectivity index (χ4v) is 3.93. The van der Waals surface area contributed by atoms with E-state index >= 15 is 0 Å². The fraction of sp³-hybridized carbons (Fsp3) is 0.217. The maximum atomic E-state index is 12.2. The molecule has 6 nitrogen and oxygen atoms in total. The number of fused-ring (bicyclic) bond motifs is 1. The number of nitrogens with zero attached hydrogens (tertiary/aromatic N) is 4. The summed E-state index contributed by atoms with van der Waals surface area (Å²) < 4.78 is 2.15. The molecule has 2 heterocycles. The monoisotopic (exact) mass is 417 g/mol. The number of aromatic nitrogens is 4. The van der Waals surface area contributed by atoms with E-state index in [1.807, 2.05) is 43.3 Å². The van der Waals surface area contributed by atoms with E-state index in [0.29, 0.717) is 5.16 Å². The predicted molar refractivity (Wildman–Crippen MR) is 121 cm³/mol. The molecule has 7 heteroatoms. The number of amides is 1. The third kappa shape index (κ3) is 4.86. The minimum Gasteiger partial charge on any atom is -0.331 e. The van der Waals surface area contributed by atoms with Crippen LogP contribution in [0.3, 0.4) is 0 Å². The Hall–Kier alpha value is -3.19. The number of carbonyl (C=O) groups is 1. The van der Waals surface area contributed by atoms with Gasteiger partial charge in [-0.3, -0.25) is 4.79 Å². The van der Waals surface area contributed by atoms with Crippen LogP contribution < -0.4 is 5.32 Å². The van der Waals surface area contributed by atoms with Gasteiger partial charge in [-0.1, -0.05) is 36.0 Å². The van der Waals surface area contributed by atoms with Crippen molar-refractivity contribution in [1.29, 1.82) is 0 Å². The first kappa shape index (κ1) is 20.1. The average Bonchev–Trinajstić information content (AvgIpc) is 3.08. The van der Waals surface area contributed by atoms with E-state index in [2.05, 4.69) is 45.1 Å². The van der Waals surface area contributed by atoms with Gasteiger partial charge in [-0.2, -0.15) is 0 Å². The first-order chi connectivity index (χ1) is 14.6. The van der Waals surface area contributed by atoms with Gasteiger partial charge in [0.2, 0.25) is 5.91 Å². The molecule has 4 aromatic rings. The first-order valence-corrected chi connectivity index (χ1v) is 10.8. The number of rotatable bonds is 7. The molecule has 0 aliphatic heterocycles. The molecule has 2 aromatic heterocycles. The second-order valence-electron chi connectivity index (χ2n) is 7.09. The van der Waals surface area contributed by atoms with Gasteiger partial charge >= 0.3 is 0 Å². The number of para-hydroxylation sites is 2. The highest BCUT2D eigenvalue weighted by Crippen LogP contribution is 2.17. The van der Waals surface area contributed by atoms with Gasteiger partial charge in [-0.15, -0.1) is 0 Å². The standard InChI is InChI=1S/C23H23N5OS/c1-16-13-14-24-23(25-16)30-15-22(29)26-18-10-7-17(8-11-18)9-12-21-27-19-5-3-4-6-20(19)28(21)2/h3-8,10-11,13-14H,9,12,15H2,1-2H3,(H,26,29). The van der Waals surface area contributed by atoms with E-state index in [4.69, 9.17) is 4.98 Å². The Labute approximate surface area is 179 Å². The van der Waals surface area contributed by atoms with Crippen molar-refractivity contribution in [2.24, 2.45) is 7.05 Å². The summed E-state index contributed by atoms with van der Waals surface area (Å²) in [6.07, 6.45) is 3.46. The lowest BCUT2D eigenvalue weighted by molar-refractivity contribution is -0.113. The highest BCUT2D eigenvalue weighted by Gasteiger charge is 2.08. The number of aryl methyl sites for hydroxylation is 4. The quantitative estimate of drug-likeness (QED) is 0.361. The van der Waals surface area contributed by atoms with E-state index in [1.54, 1.807) is 6.20 Å². The molecule has 30 heavy (non-hydrogen) atoms. The van der Waals surface area contributed by atoms with Gasteiger partial charge in [0.1, 0.15) is 5.82 Å². The second-order valence-corrected chi connectivity index (χ2v) is 8.03. The Bertz CT molecular complexity index is 1170. The zero-order valence-corrected chi connectivity index (χ0v) is 17.8. The SMILES string of the molecule is Cc1ccnc(SCC(=O)Nc2ccc(CCc3nc4ccccc4n3C)cc2)n1. The van der Waals surface area contributed by atoms with Gasteiger partial charge in [-0.05, 0) is 49.2 Å². The summed E-state index contributed by atoms with van der Waals surface area (Å²) in [6.45, 7) is 1.91. The number of carbonyl (C=O) groups excluding carboxylic acids is 1. The molecule has 0 radical (unpaired) electrons. The highest BCUT2D eigenvalue weighted by molar-refractivity contribution is 7.99. The molecule has 152 valence electrons. The smallest absolute Gasteiger partial charge is 0.234 e. The molecule has 1 N–H and O–H groups in total. The van der Waals surface area contributed by atoms with E-state index in [9.17, 15) is 4.79 Å². The number of hydrogen-bond acceptors (Lipinski definition) is 5. The third-order valence-corrected chi connectivity index (χ3v) is 5.72. The van der Waals surface area contributed by atoms with E-state index in [1.165, 1.54) is 17.3 Å². The minimum absolute atomic E-state index is 0.0717. The van der Waals surface area contributed by atoms with Gasteiger partial charge in [0.15, 0.2) is 5.16 Å². The van der Waals surface area contributed by atoms with Crippen molar-refractivity contribution < 1.29 is 4.79 Å². The third-order valence-electron chi connectivity index (χ3n) is 4.86. The number of hydrogen-bond donors (Lipinski definition) is 1. The van der Waals surface area contributed by atoms with Crippen molar-refractivity contribution in [3.8, 4) is 0 Å². The lowest BCUT2D eigenvalue weighted by atomic mass is 10.1. The molecule has 0 saturated heterocycles. The number of benzene rings is 2. The molecule has 0 aliphatic rings. The molecular formula is C23H23N5OS. The summed E-state index contributed by atoms with van der Waals surface area (Å²) in [7, 11) is 2.06. The molecule has 2 aromatic carbocycles. The molecule has 1 amide bonds. The van der Waals surface area contributed by atoms with Crippen LogP contribution in [0.15, 0.2) is 66.0 Å². The number of nitrogens with one attached hydrogen (secondary N) is 1. The van der Waals surface area contributed by atoms with Crippen LogP contribution in [-0.4, -0.2) is 31.2 Å². The normalized spacial score (nSPS) is 11.0. The molecule has 0 spiro atoms. The molecule has 4 rings (SSSR count). The van der Waals surface area contributed by atoms with Crippen LogP contribution in [0.1, 0.15) is 17.1 Å².